The van der Waals surface area contributed by atoms with E-state index in [9.17, 15) is 13.5 Å². The molecule has 1 aliphatic carbocycles. The molecule has 7 heteroatoms. The lowest BCUT2D eigenvalue weighted by Gasteiger charge is -2.34. The average molecular weight is 378 g/mol. The van der Waals surface area contributed by atoms with Crippen LogP contribution in [0, 0.1) is 11.8 Å². The zero-order valence-corrected chi connectivity index (χ0v) is 15.6. The molecular weight excluding hydrogens is 354 g/mol. The van der Waals surface area contributed by atoms with E-state index in [0.29, 0.717) is 12.3 Å². The first kappa shape index (κ1) is 18.9. The second-order valence-corrected chi connectivity index (χ2v) is 9.11. The molecule has 0 aromatic carbocycles. The van der Waals surface area contributed by atoms with E-state index in [2.05, 4.69) is 10.8 Å². The molecule has 0 radical (unpaired) electrons. The topological polar surface area (TPSA) is 66.4 Å². The largest absolute Gasteiger partial charge is 0.391 e. The lowest BCUT2D eigenvalue weighted by molar-refractivity contribution is 0.0692. The first-order valence-corrected chi connectivity index (χ1v) is 10.9. The van der Waals surface area contributed by atoms with Crippen LogP contribution in [0.15, 0.2) is 33.9 Å². The number of thiophene rings is 1. The summed E-state index contributed by atoms with van der Waals surface area (Å²) in [4.78, 5) is 0. The Balaban J connectivity index is 2.23. The van der Waals surface area contributed by atoms with Crippen LogP contribution < -0.4 is 4.72 Å². The quantitative estimate of drug-likeness (QED) is 0.539. The molecule has 1 aliphatic rings. The second-order valence-electron chi connectivity index (χ2n) is 5.92. The fraction of sp³-hybridized carbons (Fsp3) is 0.625. The maximum atomic E-state index is 12.6. The first-order valence-electron chi connectivity index (χ1n) is 7.96. The Morgan fingerprint density at radius 2 is 2.30 bits per heavy atom. The number of rotatable bonds is 8. The molecule has 1 aromatic heterocycles. The van der Waals surface area contributed by atoms with Gasteiger partial charge in [0.05, 0.1) is 12.1 Å². The van der Waals surface area contributed by atoms with Crippen LogP contribution in [0.2, 0.25) is 0 Å². The Bertz CT molecular complexity index is 597. The zero-order chi connectivity index (χ0) is 16.9. The third-order valence-corrected chi connectivity index (χ3v) is 7.63. The number of nitrogens with one attached hydrogen (secondary N) is 1. The van der Waals surface area contributed by atoms with Gasteiger partial charge in [-0.15, -0.1) is 22.9 Å². The van der Waals surface area contributed by atoms with Crippen LogP contribution >= 0.6 is 22.9 Å². The Kier molecular flexibility index (Phi) is 7.10. The molecule has 2 N–H and O–H groups in total. The van der Waals surface area contributed by atoms with Crippen molar-refractivity contribution >= 4 is 33.0 Å². The van der Waals surface area contributed by atoms with Crippen molar-refractivity contribution in [2.24, 2.45) is 11.8 Å². The third kappa shape index (κ3) is 4.79. The van der Waals surface area contributed by atoms with Gasteiger partial charge in [-0.05, 0) is 36.6 Å². The molecule has 1 heterocycles. The maximum absolute atomic E-state index is 12.6. The molecule has 0 aliphatic heterocycles. The molecular formula is C16H24ClNO3S2. The highest BCUT2D eigenvalue weighted by Gasteiger charge is 2.35. The predicted molar refractivity (Wildman–Crippen MR) is 95.4 cm³/mol. The van der Waals surface area contributed by atoms with Gasteiger partial charge in [0.2, 0.25) is 10.0 Å². The number of aliphatic hydroxyl groups excluding tert-OH is 1. The van der Waals surface area contributed by atoms with E-state index in [0.717, 1.165) is 19.3 Å². The van der Waals surface area contributed by atoms with E-state index in [1.165, 1.54) is 11.3 Å². The van der Waals surface area contributed by atoms with Crippen LogP contribution in [0.5, 0.6) is 0 Å². The highest BCUT2D eigenvalue weighted by atomic mass is 35.5. The number of alkyl halides is 1. The van der Waals surface area contributed by atoms with Gasteiger partial charge in [0.1, 0.15) is 4.21 Å². The van der Waals surface area contributed by atoms with Gasteiger partial charge in [-0.3, -0.25) is 0 Å². The number of allylic oxidation sites excluding steroid dienone is 1. The van der Waals surface area contributed by atoms with Crippen molar-refractivity contribution in [2.45, 2.75) is 49.0 Å². The Morgan fingerprint density at radius 3 is 2.83 bits per heavy atom. The molecule has 130 valence electrons. The molecule has 0 saturated carbocycles. The minimum Gasteiger partial charge on any atom is -0.391 e. The summed E-state index contributed by atoms with van der Waals surface area (Å²) < 4.78 is 28.1. The molecule has 4 nitrogen and oxygen atoms in total. The molecule has 0 spiro atoms. The first-order chi connectivity index (χ1) is 11.0. The fourth-order valence-electron chi connectivity index (χ4n) is 2.95. The van der Waals surface area contributed by atoms with Crippen molar-refractivity contribution in [2.75, 3.05) is 5.88 Å². The minimum absolute atomic E-state index is 0.0305. The van der Waals surface area contributed by atoms with Gasteiger partial charge < -0.3 is 5.11 Å². The number of sulfonamides is 1. The molecule has 0 unspecified atom stereocenters. The number of aliphatic hydroxyl groups is 1. The van der Waals surface area contributed by atoms with Crippen LogP contribution in [-0.2, 0) is 10.0 Å². The summed E-state index contributed by atoms with van der Waals surface area (Å²) in [5.41, 5.74) is 0. The molecule has 0 saturated heterocycles. The van der Waals surface area contributed by atoms with Gasteiger partial charge in [-0.25, -0.2) is 13.1 Å². The molecule has 0 fully saturated rings. The van der Waals surface area contributed by atoms with Gasteiger partial charge in [0.15, 0.2) is 0 Å². The van der Waals surface area contributed by atoms with Gasteiger partial charge in [-0.1, -0.05) is 31.6 Å². The summed E-state index contributed by atoms with van der Waals surface area (Å²) in [6, 6.07) is 2.68. The van der Waals surface area contributed by atoms with E-state index >= 15 is 0 Å². The molecule has 0 bridgehead atoms. The van der Waals surface area contributed by atoms with Gasteiger partial charge in [0.25, 0.3) is 0 Å². The lowest BCUT2D eigenvalue weighted by atomic mass is 9.83. The molecule has 0 amide bonds. The van der Waals surface area contributed by atoms with Crippen molar-refractivity contribution in [3.63, 3.8) is 0 Å². The summed E-state index contributed by atoms with van der Waals surface area (Å²) in [5, 5.41) is 12.5. The van der Waals surface area contributed by atoms with Crippen LogP contribution in [0.1, 0.15) is 32.6 Å². The van der Waals surface area contributed by atoms with Crippen LogP contribution in [0.4, 0.5) is 0 Å². The van der Waals surface area contributed by atoms with Crippen molar-refractivity contribution < 1.29 is 13.5 Å². The smallest absolute Gasteiger partial charge is 0.250 e. The predicted octanol–water partition coefficient (Wildman–Crippen LogP) is 3.38. The Morgan fingerprint density at radius 1 is 1.52 bits per heavy atom. The number of hydrogen-bond acceptors (Lipinski definition) is 4. The SMILES string of the molecule is CC[C@H](CCl)[C@H](NS(=O)(=O)c1cccs1)[C@@H](O)[C@@H]1C=CCCC1. The van der Waals surface area contributed by atoms with Crippen molar-refractivity contribution in [1.82, 2.24) is 4.72 Å². The minimum atomic E-state index is -3.64. The second kappa shape index (κ2) is 8.62. The summed E-state index contributed by atoms with van der Waals surface area (Å²) in [6.45, 7) is 1.96. The summed E-state index contributed by atoms with van der Waals surface area (Å²) in [6.07, 6.45) is 6.89. The zero-order valence-electron chi connectivity index (χ0n) is 13.2. The van der Waals surface area contributed by atoms with E-state index in [-0.39, 0.29) is 16.0 Å². The average Bonchev–Trinajstić information content (AvgIpc) is 3.10. The Hall–Kier alpha value is -0.400. The van der Waals surface area contributed by atoms with Crippen LogP contribution in [0.3, 0.4) is 0 Å². The van der Waals surface area contributed by atoms with Crippen LogP contribution in [-0.4, -0.2) is 31.6 Å². The summed E-state index contributed by atoms with van der Waals surface area (Å²) >= 11 is 7.20. The normalized spacial score (nSPS) is 22.7. The van der Waals surface area contributed by atoms with E-state index in [4.69, 9.17) is 11.6 Å². The van der Waals surface area contributed by atoms with E-state index < -0.39 is 22.2 Å². The van der Waals surface area contributed by atoms with E-state index in [1.807, 2.05) is 13.0 Å². The lowest BCUT2D eigenvalue weighted by Crippen LogP contribution is -2.51. The standard InChI is InChI=1S/C16H24ClNO3S2/c1-2-12(11-17)15(16(19)13-7-4-3-5-8-13)18-23(20,21)14-9-6-10-22-14/h4,6-7,9-10,12-13,15-16,18-19H,2-3,5,8,11H2,1H3/t12-,13-,15+,16+/m1/s1. The van der Waals surface area contributed by atoms with Gasteiger partial charge >= 0.3 is 0 Å². The molecule has 2 rings (SSSR count). The van der Waals surface area contributed by atoms with E-state index in [1.54, 1.807) is 17.5 Å². The fourth-order valence-corrected chi connectivity index (χ4v) is 5.69. The molecule has 23 heavy (non-hydrogen) atoms. The highest BCUT2D eigenvalue weighted by Crippen LogP contribution is 2.28. The number of hydrogen-bond donors (Lipinski definition) is 2. The summed E-state index contributed by atoms with van der Waals surface area (Å²) in [7, 11) is -3.64. The summed E-state index contributed by atoms with van der Waals surface area (Å²) in [5.74, 6) is 0.163. The van der Waals surface area contributed by atoms with Crippen molar-refractivity contribution in [1.29, 1.82) is 0 Å². The van der Waals surface area contributed by atoms with Gasteiger partial charge in [-0.2, -0.15) is 0 Å². The third-order valence-electron chi connectivity index (χ3n) is 4.38. The van der Waals surface area contributed by atoms with Crippen LogP contribution in [0.25, 0.3) is 0 Å². The van der Waals surface area contributed by atoms with Crippen molar-refractivity contribution in [3.05, 3.63) is 29.7 Å². The van der Waals surface area contributed by atoms with Crippen molar-refractivity contribution in [3.8, 4) is 0 Å². The van der Waals surface area contributed by atoms with Gasteiger partial charge in [0, 0.05) is 11.8 Å². The maximum Gasteiger partial charge on any atom is 0.250 e. The Labute approximate surface area is 147 Å². The highest BCUT2D eigenvalue weighted by molar-refractivity contribution is 7.91. The molecule has 4 atom stereocenters. The number of halogens is 1. The monoisotopic (exact) mass is 377 g/mol. The molecule has 1 aromatic rings.